The van der Waals surface area contributed by atoms with Gasteiger partial charge < -0.3 is 15.4 Å². The zero-order valence-electron chi connectivity index (χ0n) is 11.4. The van der Waals surface area contributed by atoms with Crippen molar-refractivity contribution < 1.29 is 14.3 Å². The summed E-state index contributed by atoms with van der Waals surface area (Å²) in [4.78, 5) is 22.1. The van der Waals surface area contributed by atoms with Crippen molar-refractivity contribution in [2.75, 3.05) is 19.7 Å². The third-order valence-corrected chi connectivity index (χ3v) is 2.44. The van der Waals surface area contributed by atoms with Crippen LogP contribution in [0.5, 0.6) is 5.75 Å². The van der Waals surface area contributed by atoms with Crippen molar-refractivity contribution in [2.24, 2.45) is 0 Å². The highest BCUT2D eigenvalue weighted by Crippen LogP contribution is 2.10. The number of rotatable bonds is 7. The number of carbonyl (C=O) groups excluding carboxylic acids is 2. The Morgan fingerprint density at radius 1 is 1.11 bits per heavy atom. The first kappa shape index (κ1) is 15.0. The molecule has 0 heterocycles. The van der Waals surface area contributed by atoms with Crippen LogP contribution in [0, 0.1) is 6.92 Å². The number of hydrogen-bond donors (Lipinski definition) is 2. The first-order valence-electron chi connectivity index (χ1n) is 6.28. The maximum Gasteiger partial charge on any atom is 0.257 e. The van der Waals surface area contributed by atoms with Crippen LogP contribution in [-0.4, -0.2) is 31.5 Å². The van der Waals surface area contributed by atoms with Gasteiger partial charge in [0.05, 0.1) is 0 Å². The van der Waals surface area contributed by atoms with E-state index < -0.39 is 0 Å². The molecular formula is C14H20N2O3. The molecular weight excluding hydrogens is 244 g/mol. The lowest BCUT2D eigenvalue weighted by molar-refractivity contribution is -0.123. The fourth-order valence-corrected chi connectivity index (χ4v) is 1.42. The maximum absolute atomic E-state index is 11.5. The van der Waals surface area contributed by atoms with E-state index in [-0.39, 0.29) is 18.4 Å². The number of hydrogen-bond acceptors (Lipinski definition) is 3. The van der Waals surface area contributed by atoms with Crippen LogP contribution in [0.15, 0.2) is 24.3 Å². The third-order valence-electron chi connectivity index (χ3n) is 2.44. The summed E-state index contributed by atoms with van der Waals surface area (Å²) >= 11 is 0. The number of ether oxygens (including phenoxy) is 1. The van der Waals surface area contributed by atoms with Crippen LogP contribution >= 0.6 is 0 Å². The van der Waals surface area contributed by atoms with E-state index in [9.17, 15) is 9.59 Å². The standard InChI is InChI=1S/C14H20N2O3/c1-11-4-6-13(7-5-11)19-10-14(18)16-9-3-8-15-12(2)17/h4-7H,3,8-10H2,1-2H3,(H,15,17)(H,16,18). The lowest BCUT2D eigenvalue weighted by Gasteiger charge is -2.07. The molecule has 0 spiro atoms. The lowest BCUT2D eigenvalue weighted by atomic mass is 10.2. The lowest BCUT2D eigenvalue weighted by Crippen LogP contribution is -2.32. The van der Waals surface area contributed by atoms with Crippen molar-refractivity contribution in [2.45, 2.75) is 20.3 Å². The zero-order valence-corrected chi connectivity index (χ0v) is 11.4. The van der Waals surface area contributed by atoms with Crippen molar-refractivity contribution in [3.8, 4) is 5.75 Å². The molecule has 19 heavy (non-hydrogen) atoms. The van der Waals surface area contributed by atoms with E-state index in [1.165, 1.54) is 6.92 Å². The Hall–Kier alpha value is -2.04. The Kier molecular flexibility index (Phi) is 6.43. The molecule has 0 aliphatic heterocycles. The molecule has 0 atom stereocenters. The molecule has 0 aliphatic carbocycles. The summed E-state index contributed by atoms with van der Waals surface area (Å²) in [5.74, 6) is 0.455. The molecule has 0 unspecified atom stereocenters. The molecule has 2 amide bonds. The van der Waals surface area contributed by atoms with Crippen molar-refractivity contribution in [1.29, 1.82) is 0 Å². The smallest absolute Gasteiger partial charge is 0.257 e. The molecule has 104 valence electrons. The molecule has 5 nitrogen and oxygen atoms in total. The van der Waals surface area contributed by atoms with E-state index in [1.54, 1.807) is 0 Å². The minimum absolute atomic E-state index is 0.00317. The van der Waals surface area contributed by atoms with E-state index in [1.807, 2.05) is 31.2 Å². The highest BCUT2D eigenvalue weighted by atomic mass is 16.5. The van der Waals surface area contributed by atoms with Gasteiger partial charge in [-0.15, -0.1) is 0 Å². The maximum atomic E-state index is 11.5. The SMILES string of the molecule is CC(=O)NCCCNC(=O)COc1ccc(C)cc1. The number of amides is 2. The summed E-state index contributed by atoms with van der Waals surface area (Å²) < 4.78 is 5.34. The molecule has 0 radical (unpaired) electrons. The zero-order chi connectivity index (χ0) is 14.1. The fourth-order valence-electron chi connectivity index (χ4n) is 1.42. The summed E-state index contributed by atoms with van der Waals surface area (Å²) in [6.07, 6.45) is 0.704. The number of nitrogens with one attached hydrogen (secondary N) is 2. The van der Waals surface area contributed by atoms with E-state index in [2.05, 4.69) is 10.6 Å². The summed E-state index contributed by atoms with van der Waals surface area (Å²) in [6, 6.07) is 7.53. The van der Waals surface area contributed by atoms with Crippen LogP contribution in [0.25, 0.3) is 0 Å². The summed E-state index contributed by atoms with van der Waals surface area (Å²) in [7, 11) is 0. The quantitative estimate of drug-likeness (QED) is 0.722. The van der Waals surface area contributed by atoms with Gasteiger partial charge in [0.1, 0.15) is 5.75 Å². The Morgan fingerprint density at radius 3 is 2.37 bits per heavy atom. The van der Waals surface area contributed by atoms with Crippen LogP contribution in [-0.2, 0) is 9.59 Å². The average molecular weight is 264 g/mol. The molecule has 2 N–H and O–H groups in total. The third kappa shape index (κ3) is 7.08. The van der Waals surface area contributed by atoms with Gasteiger partial charge in [-0.2, -0.15) is 0 Å². The van der Waals surface area contributed by atoms with Crippen LogP contribution in [0.2, 0.25) is 0 Å². The molecule has 1 aromatic carbocycles. The predicted molar refractivity (Wildman–Crippen MR) is 73.0 cm³/mol. The highest BCUT2D eigenvalue weighted by molar-refractivity contribution is 5.77. The largest absolute Gasteiger partial charge is 0.484 e. The van der Waals surface area contributed by atoms with Crippen molar-refractivity contribution in [1.82, 2.24) is 10.6 Å². The van der Waals surface area contributed by atoms with Gasteiger partial charge >= 0.3 is 0 Å². The topological polar surface area (TPSA) is 67.4 Å². The van der Waals surface area contributed by atoms with Crippen molar-refractivity contribution in [3.63, 3.8) is 0 Å². The first-order chi connectivity index (χ1) is 9.08. The van der Waals surface area contributed by atoms with Gasteiger partial charge in [0.15, 0.2) is 6.61 Å². The van der Waals surface area contributed by atoms with Crippen molar-refractivity contribution in [3.05, 3.63) is 29.8 Å². The molecule has 0 saturated heterocycles. The van der Waals surface area contributed by atoms with E-state index in [0.29, 0.717) is 25.3 Å². The van der Waals surface area contributed by atoms with Crippen molar-refractivity contribution >= 4 is 11.8 Å². The van der Waals surface area contributed by atoms with Gasteiger partial charge in [-0.05, 0) is 25.5 Å². The van der Waals surface area contributed by atoms with Gasteiger partial charge in [-0.1, -0.05) is 17.7 Å². The summed E-state index contributed by atoms with van der Waals surface area (Å²) in [5, 5.41) is 5.38. The van der Waals surface area contributed by atoms with E-state index >= 15 is 0 Å². The molecule has 0 aromatic heterocycles. The molecule has 0 saturated carbocycles. The van der Waals surface area contributed by atoms with E-state index in [0.717, 1.165) is 5.56 Å². The minimum atomic E-state index is -0.164. The van der Waals surface area contributed by atoms with Gasteiger partial charge in [0.25, 0.3) is 5.91 Å². The second-order valence-electron chi connectivity index (χ2n) is 4.29. The monoisotopic (exact) mass is 264 g/mol. The molecule has 1 rings (SSSR count). The molecule has 0 aliphatic rings. The average Bonchev–Trinajstić information content (AvgIpc) is 2.37. The van der Waals surface area contributed by atoms with Gasteiger partial charge in [-0.3, -0.25) is 9.59 Å². The Bertz CT molecular complexity index is 415. The van der Waals surface area contributed by atoms with Crippen LogP contribution < -0.4 is 15.4 Å². The fraction of sp³-hybridized carbons (Fsp3) is 0.429. The molecule has 1 aromatic rings. The van der Waals surface area contributed by atoms with Crippen LogP contribution in [0.3, 0.4) is 0 Å². The highest BCUT2D eigenvalue weighted by Gasteiger charge is 2.02. The van der Waals surface area contributed by atoms with Gasteiger partial charge in [0, 0.05) is 20.0 Å². The number of aryl methyl sites for hydroxylation is 1. The first-order valence-corrected chi connectivity index (χ1v) is 6.28. The summed E-state index contributed by atoms with van der Waals surface area (Å²) in [6.45, 7) is 4.55. The molecule has 0 fully saturated rings. The molecule has 5 heteroatoms. The predicted octanol–water partition coefficient (Wildman–Crippen LogP) is 1.02. The number of carbonyl (C=O) groups is 2. The second-order valence-corrected chi connectivity index (χ2v) is 4.29. The summed E-state index contributed by atoms with van der Waals surface area (Å²) in [5.41, 5.74) is 1.15. The number of benzene rings is 1. The van der Waals surface area contributed by atoms with Crippen LogP contribution in [0.1, 0.15) is 18.9 Å². The molecule has 0 bridgehead atoms. The minimum Gasteiger partial charge on any atom is -0.484 e. The van der Waals surface area contributed by atoms with E-state index in [4.69, 9.17) is 4.74 Å². The van der Waals surface area contributed by atoms with Gasteiger partial charge in [-0.25, -0.2) is 0 Å². The second kappa shape index (κ2) is 8.13. The Balaban J connectivity index is 2.11. The Morgan fingerprint density at radius 2 is 1.74 bits per heavy atom. The van der Waals surface area contributed by atoms with Gasteiger partial charge in [0.2, 0.25) is 5.91 Å². The van der Waals surface area contributed by atoms with Crippen LogP contribution in [0.4, 0.5) is 0 Å². The Labute approximate surface area is 113 Å². The normalized spacial score (nSPS) is 9.79.